The molecule has 4 rings (SSSR count). The van der Waals surface area contributed by atoms with Gasteiger partial charge in [0.1, 0.15) is 5.82 Å². The lowest BCUT2D eigenvalue weighted by molar-refractivity contribution is 0.0891. The number of amides is 1. The first kappa shape index (κ1) is 19.0. The Morgan fingerprint density at radius 2 is 1.89 bits per heavy atom. The first-order valence-electron chi connectivity index (χ1n) is 10.5. The van der Waals surface area contributed by atoms with Gasteiger partial charge in [0, 0.05) is 38.4 Å². The summed E-state index contributed by atoms with van der Waals surface area (Å²) in [6.07, 6.45) is 9.24. The molecule has 1 N–H and O–H groups in total. The first-order valence-corrected chi connectivity index (χ1v) is 10.5. The molecular weight excluding hydrogens is 352 g/mol. The van der Waals surface area contributed by atoms with Crippen molar-refractivity contribution in [3.63, 3.8) is 0 Å². The minimum Gasteiger partial charge on any atom is -0.459 e. The minimum atomic E-state index is -0.0840. The van der Waals surface area contributed by atoms with E-state index in [9.17, 15) is 4.79 Å². The highest BCUT2D eigenvalue weighted by Crippen LogP contribution is 2.27. The van der Waals surface area contributed by atoms with Crippen LogP contribution in [0.15, 0.2) is 47.2 Å². The van der Waals surface area contributed by atoms with Crippen LogP contribution in [0.3, 0.4) is 0 Å². The molecule has 0 aromatic carbocycles. The number of rotatable bonds is 6. The first-order chi connectivity index (χ1) is 13.8. The van der Waals surface area contributed by atoms with Gasteiger partial charge in [-0.1, -0.05) is 6.07 Å². The lowest BCUT2D eigenvalue weighted by Crippen LogP contribution is -2.47. The zero-order valence-electron chi connectivity index (χ0n) is 16.4. The van der Waals surface area contributed by atoms with Crippen molar-refractivity contribution >= 4 is 11.7 Å². The zero-order chi connectivity index (χ0) is 19.2. The van der Waals surface area contributed by atoms with Crippen LogP contribution < -0.4 is 10.2 Å². The summed E-state index contributed by atoms with van der Waals surface area (Å²) >= 11 is 0. The minimum absolute atomic E-state index is 0.0840. The summed E-state index contributed by atoms with van der Waals surface area (Å²) in [4.78, 5) is 21.5. The molecule has 1 saturated carbocycles. The highest BCUT2D eigenvalue weighted by atomic mass is 16.3. The summed E-state index contributed by atoms with van der Waals surface area (Å²) in [7, 11) is 0. The summed E-state index contributed by atoms with van der Waals surface area (Å²) < 4.78 is 5.17. The second-order valence-electron chi connectivity index (χ2n) is 7.97. The van der Waals surface area contributed by atoms with Gasteiger partial charge in [-0.05, 0) is 68.8 Å². The van der Waals surface area contributed by atoms with Gasteiger partial charge in [0.05, 0.1) is 6.26 Å². The molecule has 0 spiro atoms. The van der Waals surface area contributed by atoms with Gasteiger partial charge in [-0.3, -0.25) is 9.69 Å². The molecule has 6 nitrogen and oxygen atoms in total. The topological polar surface area (TPSA) is 61.6 Å². The van der Waals surface area contributed by atoms with Crippen LogP contribution >= 0.6 is 0 Å². The number of nitrogens with one attached hydrogen (secondary N) is 1. The summed E-state index contributed by atoms with van der Waals surface area (Å²) in [6.45, 7) is 5.53. The van der Waals surface area contributed by atoms with Crippen molar-refractivity contribution in [1.82, 2.24) is 15.2 Å². The number of anilines is 1. The Morgan fingerprint density at radius 3 is 2.57 bits per heavy atom. The van der Waals surface area contributed by atoms with Crippen molar-refractivity contribution in [3.8, 4) is 0 Å². The molecule has 1 aliphatic heterocycles. The molecule has 2 aromatic rings. The molecule has 2 aliphatic rings. The van der Waals surface area contributed by atoms with Gasteiger partial charge in [-0.25, -0.2) is 4.98 Å². The van der Waals surface area contributed by atoms with E-state index in [-0.39, 0.29) is 11.9 Å². The second-order valence-corrected chi connectivity index (χ2v) is 7.97. The number of carbonyl (C=O) groups excluding carboxylic acids is 1. The lowest BCUT2D eigenvalue weighted by Gasteiger charge is -2.36. The Morgan fingerprint density at radius 1 is 1.07 bits per heavy atom. The Balaban J connectivity index is 1.13. The molecule has 0 unspecified atom stereocenters. The van der Waals surface area contributed by atoms with Crippen molar-refractivity contribution in [2.24, 2.45) is 5.92 Å². The molecule has 0 atom stereocenters. The van der Waals surface area contributed by atoms with Crippen LogP contribution in [0.1, 0.15) is 42.7 Å². The molecule has 6 heteroatoms. The second kappa shape index (κ2) is 9.24. The smallest absolute Gasteiger partial charge is 0.287 e. The van der Waals surface area contributed by atoms with Gasteiger partial charge in [0.15, 0.2) is 5.76 Å². The largest absolute Gasteiger partial charge is 0.459 e. The zero-order valence-corrected chi connectivity index (χ0v) is 16.4. The monoisotopic (exact) mass is 382 g/mol. The van der Waals surface area contributed by atoms with E-state index in [0.29, 0.717) is 5.76 Å². The van der Waals surface area contributed by atoms with Crippen molar-refractivity contribution in [2.45, 2.75) is 38.1 Å². The van der Waals surface area contributed by atoms with Crippen molar-refractivity contribution < 1.29 is 9.21 Å². The van der Waals surface area contributed by atoms with Crippen LogP contribution in [0.25, 0.3) is 0 Å². The third-order valence-electron chi connectivity index (χ3n) is 6.13. The van der Waals surface area contributed by atoms with E-state index in [0.717, 1.165) is 50.8 Å². The van der Waals surface area contributed by atoms with Gasteiger partial charge in [-0.2, -0.15) is 0 Å². The molecule has 3 heterocycles. The number of carbonyl (C=O) groups is 1. The van der Waals surface area contributed by atoms with E-state index in [2.05, 4.69) is 32.2 Å². The van der Waals surface area contributed by atoms with Gasteiger partial charge in [0.2, 0.25) is 0 Å². The number of hydrogen-bond donors (Lipinski definition) is 1. The van der Waals surface area contributed by atoms with Crippen LogP contribution in [0.2, 0.25) is 0 Å². The van der Waals surface area contributed by atoms with E-state index in [1.54, 1.807) is 18.4 Å². The van der Waals surface area contributed by atoms with E-state index in [1.807, 2.05) is 12.3 Å². The Bertz CT molecular complexity index is 718. The number of piperazine rings is 1. The van der Waals surface area contributed by atoms with Crippen LogP contribution in [0, 0.1) is 5.92 Å². The fourth-order valence-electron chi connectivity index (χ4n) is 4.37. The normalized spacial score (nSPS) is 23.5. The van der Waals surface area contributed by atoms with Gasteiger partial charge in [-0.15, -0.1) is 0 Å². The van der Waals surface area contributed by atoms with Crippen LogP contribution in [0.4, 0.5) is 5.82 Å². The highest BCUT2D eigenvalue weighted by Gasteiger charge is 2.24. The average molecular weight is 383 g/mol. The third-order valence-corrected chi connectivity index (χ3v) is 6.13. The van der Waals surface area contributed by atoms with E-state index >= 15 is 0 Å². The fraction of sp³-hybridized carbons (Fsp3) is 0.545. The van der Waals surface area contributed by atoms with Gasteiger partial charge in [0.25, 0.3) is 5.91 Å². The molecule has 2 fully saturated rings. The van der Waals surface area contributed by atoms with E-state index in [1.165, 1.54) is 25.8 Å². The maximum atomic E-state index is 12.1. The molecule has 1 saturated heterocycles. The van der Waals surface area contributed by atoms with Crippen LogP contribution in [-0.2, 0) is 0 Å². The van der Waals surface area contributed by atoms with E-state index in [4.69, 9.17) is 4.42 Å². The van der Waals surface area contributed by atoms with Crippen LogP contribution in [0.5, 0.6) is 0 Å². The maximum absolute atomic E-state index is 12.1. The van der Waals surface area contributed by atoms with E-state index < -0.39 is 0 Å². The predicted molar refractivity (Wildman–Crippen MR) is 109 cm³/mol. The van der Waals surface area contributed by atoms with Gasteiger partial charge < -0.3 is 14.6 Å². The van der Waals surface area contributed by atoms with Gasteiger partial charge >= 0.3 is 0 Å². The predicted octanol–water partition coefficient (Wildman–Crippen LogP) is 3.18. The summed E-state index contributed by atoms with van der Waals surface area (Å²) in [5.74, 6) is 2.20. The average Bonchev–Trinajstić information content (AvgIpc) is 3.29. The molecule has 1 amide bonds. The number of nitrogens with zero attached hydrogens (tertiary/aromatic N) is 3. The molecular formula is C22H30N4O2. The highest BCUT2D eigenvalue weighted by molar-refractivity contribution is 5.91. The van der Waals surface area contributed by atoms with Crippen molar-refractivity contribution in [3.05, 3.63) is 48.6 Å². The van der Waals surface area contributed by atoms with Crippen molar-refractivity contribution in [1.29, 1.82) is 0 Å². The maximum Gasteiger partial charge on any atom is 0.287 e. The fourth-order valence-corrected chi connectivity index (χ4v) is 4.37. The lowest BCUT2D eigenvalue weighted by atomic mass is 9.84. The number of aromatic nitrogens is 1. The van der Waals surface area contributed by atoms with Crippen LogP contribution in [-0.4, -0.2) is 54.6 Å². The number of pyridine rings is 1. The van der Waals surface area contributed by atoms with Crippen molar-refractivity contribution in [2.75, 3.05) is 37.6 Å². The summed E-state index contributed by atoms with van der Waals surface area (Å²) in [6, 6.07) is 9.88. The molecule has 1 aliphatic carbocycles. The molecule has 2 aromatic heterocycles. The molecule has 0 radical (unpaired) electrons. The SMILES string of the molecule is O=C(N[C@H]1CC[C@@H](CCN2CCN(c3ccccn3)CC2)CC1)c1ccco1. The molecule has 28 heavy (non-hydrogen) atoms. The quantitative estimate of drug-likeness (QED) is 0.831. The molecule has 150 valence electrons. The third kappa shape index (κ3) is 4.93. The summed E-state index contributed by atoms with van der Waals surface area (Å²) in [5.41, 5.74) is 0. The Kier molecular flexibility index (Phi) is 6.27. The molecule has 0 bridgehead atoms. The summed E-state index contributed by atoms with van der Waals surface area (Å²) in [5, 5.41) is 3.11. The standard InChI is InChI=1S/C22H30N4O2/c27-22(20-4-3-17-28-20)24-19-8-6-18(7-9-19)10-12-25-13-15-26(16-14-25)21-5-1-2-11-23-21/h1-5,11,17-19H,6-10,12-16H2,(H,24,27)/t18-,19+. The number of hydrogen-bond acceptors (Lipinski definition) is 5. The Labute approximate surface area is 166 Å². The Hall–Kier alpha value is -2.34. The number of furan rings is 1.